The molecule has 0 saturated heterocycles. The minimum atomic E-state index is -3.66. The second-order valence-electron chi connectivity index (χ2n) is 6.80. The van der Waals surface area contributed by atoms with Gasteiger partial charge < -0.3 is 15.5 Å². The summed E-state index contributed by atoms with van der Waals surface area (Å²) >= 11 is 0. The van der Waals surface area contributed by atoms with Crippen LogP contribution in [0.5, 0.6) is 0 Å². The smallest absolute Gasteiger partial charge is 0.231 e. The monoisotopic (exact) mass is 415 g/mol. The lowest BCUT2D eigenvalue weighted by Crippen LogP contribution is -2.20. The van der Waals surface area contributed by atoms with Crippen LogP contribution in [0.3, 0.4) is 0 Å². The lowest BCUT2D eigenvalue weighted by atomic mass is 10.2. The Balaban J connectivity index is 1.60. The molecule has 8 nitrogen and oxygen atoms in total. The van der Waals surface area contributed by atoms with Gasteiger partial charge in [-0.25, -0.2) is 8.42 Å². The van der Waals surface area contributed by atoms with Crippen molar-refractivity contribution >= 4 is 44.6 Å². The zero-order valence-corrected chi connectivity index (χ0v) is 16.9. The van der Waals surface area contributed by atoms with Crippen molar-refractivity contribution in [2.24, 2.45) is 0 Å². The summed E-state index contributed by atoms with van der Waals surface area (Å²) in [6, 6.07) is 11.1. The van der Waals surface area contributed by atoms with Gasteiger partial charge in [-0.1, -0.05) is 0 Å². The van der Waals surface area contributed by atoms with Crippen LogP contribution in [-0.2, 0) is 30.6 Å². The first-order chi connectivity index (χ1) is 13.7. The van der Waals surface area contributed by atoms with Crippen LogP contribution in [0, 0.1) is 0 Å². The number of carbonyl (C=O) groups excluding carboxylic acids is 3. The first kappa shape index (κ1) is 20.5. The number of anilines is 3. The van der Waals surface area contributed by atoms with E-state index in [1.165, 1.54) is 24.0 Å². The molecular weight excluding hydrogens is 394 g/mol. The third-order valence-electron chi connectivity index (χ3n) is 4.57. The predicted octanol–water partition coefficient (Wildman–Crippen LogP) is 1.97. The van der Waals surface area contributed by atoms with Gasteiger partial charge >= 0.3 is 0 Å². The Kier molecular flexibility index (Phi) is 5.69. The molecule has 0 bridgehead atoms. The zero-order valence-electron chi connectivity index (χ0n) is 16.1. The Hall–Kier alpha value is -3.20. The molecule has 0 aromatic heterocycles. The van der Waals surface area contributed by atoms with Crippen molar-refractivity contribution in [2.75, 3.05) is 28.3 Å². The molecule has 0 radical (unpaired) electrons. The number of hydrogen-bond donors (Lipinski definition) is 2. The standard InChI is InChI=1S/C20H21N3O5S/c1-13(24)21-15-3-5-16(6-4-15)22-19(25)9-10-29(27,28)17-7-8-18-14(11-17)12-20(26)23(18)2/h3-8,11H,9-10,12H2,1-2H3,(H,21,24)(H,22,25). The molecule has 2 N–H and O–H groups in total. The highest BCUT2D eigenvalue weighted by Gasteiger charge is 2.26. The van der Waals surface area contributed by atoms with E-state index in [1.54, 1.807) is 37.4 Å². The van der Waals surface area contributed by atoms with Gasteiger partial charge in [0.05, 0.1) is 17.1 Å². The van der Waals surface area contributed by atoms with Crippen LogP contribution in [-0.4, -0.2) is 38.9 Å². The first-order valence-corrected chi connectivity index (χ1v) is 10.6. The Labute approximate surface area is 168 Å². The van der Waals surface area contributed by atoms with Crippen molar-refractivity contribution in [1.82, 2.24) is 0 Å². The first-order valence-electron chi connectivity index (χ1n) is 8.95. The molecule has 0 fully saturated rings. The maximum atomic E-state index is 12.6. The molecule has 0 unspecified atom stereocenters. The number of amides is 3. The average molecular weight is 415 g/mol. The van der Waals surface area contributed by atoms with E-state index in [4.69, 9.17) is 0 Å². The number of nitrogens with one attached hydrogen (secondary N) is 2. The van der Waals surface area contributed by atoms with E-state index in [1.807, 2.05) is 0 Å². The van der Waals surface area contributed by atoms with Crippen LogP contribution in [0.2, 0.25) is 0 Å². The highest BCUT2D eigenvalue weighted by atomic mass is 32.2. The summed E-state index contributed by atoms with van der Waals surface area (Å²) in [5.41, 5.74) is 2.47. The fourth-order valence-electron chi connectivity index (χ4n) is 3.05. The zero-order chi connectivity index (χ0) is 21.2. The summed E-state index contributed by atoms with van der Waals surface area (Å²) in [6.07, 6.45) is -0.0319. The lowest BCUT2D eigenvalue weighted by Gasteiger charge is -2.11. The van der Waals surface area contributed by atoms with Gasteiger partial charge in [-0.3, -0.25) is 14.4 Å². The fraction of sp³-hybridized carbons (Fsp3) is 0.250. The quantitative estimate of drug-likeness (QED) is 0.749. The third-order valence-corrected chi connectivity index (χ3v) is 6.29. The van der Waals surface area contributed by atoms with E-state index >= 15 is 0 Å². The molecule has 0 atom stereocenters. The van der Waals surface area contributed by atoms with Gasteiger partial charge in [0.1, 0.15) is 0 Å². The lowest BCUT2D eigenvalue weighted by molar-refractivity contribution is -0.117. The maximum absolute atomic E-state index is 12.6. The average Bonchev–Trinajstić information content (AvgIpc) is 2.95. The van der Waals surface area contributed by atoms with E-state index < -0.39 is 15.7 Å². The van der Waals surface area contributed by atoms with Crippen LogP contribution >= 0.6 is 0 Å². The van der Waals surface area contributed by atoms with E-state index in [2.05, 4.69) is 10.6 Å². The second-order valence-corrected chi connectivity index (χ2v) is 8.90. The van der Waals surface area contributed by atoms with Crippen molar-refractivity contribution in [1.29, 1.82) is 0 Å². The maximum Gasteiger partial charge on any atom is 0.231 e. The Morgan fingerprint density at radius 1 is 1.03 bits per heavy atom. The molecule has 3 amide bonds. The number of rotatable bonds is 6. The largest absolute Gasteiger partial charge is 0.326 e. The fourth-order valence-corrected chi connectivity index (χ4v) is 4.34. The highest BCUT2D eigenvalue weighted by Crippen LogP contribution is 2.30. The van der Waals surface area contributed by atoms with Gasteiger partial charge in [0.2, 0.25) is 17.7 Å². The number of fused-ring (bicyclic) bond motifs is 1. The molecule has 2 aromatic rings. The molecule has 152 valence electrons. The topological polar surface area (TPSA) is 113 Å². The van der Waals surface area contributed by atoms with E-state index in [9.17, 15) is 22.8 Å². The number of nitrogens with zero attached hydrogens (tertiary/aromatic N) is 1. The van der Waals surface area contributed by atoms with Crippen LogP contribution in [0.15, 0.2) is 47.4 Å². The van der Waals surface area contributed by atoms with Crippen molar-refractivity contribution in [3.05, 3.63) is 48.0 Å². The molecular formula is C20H21N3O5S. The Morgan fingerprint density at radius 3 is 2.28 bits per heavy atom. The molecule has 1 aliphatic heterocycles. The summed E-state index contributed by atoms with van der Waals surface area (Å²) < 4.78 is 25.2. The minimum absolute atomic E-state index is 0.0848. The molecule has 1 aliphatic rings. The number of likely N-dealkylation sites (N-methyl/N-ethyl adjacent to an activating group) is 1. The molecule has 29 heavy (non-hydrogen) atoms. The van der Waals surface area contributed by atoms with Gasteiger partial charge in [-0.05, 0) is 48.0 Å². The molecule has 9 heteroatoms. The van der Waals surface area contributed by atoms with E-state index in [0.717, 1.165) is 0 Å². The van der Waals surface area contributed by atoms with Gasteiger partial charge in [-0.2, -0.15) is 0 Å². The molecule has 2 aromatic carbocycles. The summed E-state index contributed by atoms with van der Waals surface area (Å²) in [5.74, 6) is -1.06. The SMILES string of the molecule is CC(=O)Nc1ccc(NC(=O)CCS(=O)(=O)c2ccc3c(c2)CC(=O)N3C)cc1. The van der Waals surface area contributed by atoms with Crippen molar-refractivity contribution in [2.45, 2.75) is 24.7 Å². The number of benzene rings is 2. The Bertz CT molecular complexity index is 1080. The van der Waals surface area contributed by atoms with Gasteiger partial charge in [0, 0.05) is 37.5 Å². The van der Waals surface area contributed by atoms with Crippen molar-refractivity contribution in [3.63, 3.8) is 0 Å². The third kappa shape index (κ3) is 4.80. The van der Waals surface area contributed by atoms with Crippen LogP contribution in [0.4, 0.5) is 17.1 Å². The normalized spacial score (nSPS) is 13.2. The summed E-state index contributed by atoms with van der Waals surface area (Å²) in [7, 11) is -2.01. The van der Waals surface area contributed by atoms with Crippen LogP contribution in [0.1, 0.15) is 18.9 Å². The molecule has 0 saturated carbocycles. The van der Waals surface area contributed by atoms with Gasteiger partial charge in [0.25, 0.3) is 0 Å². The second kappa shape index (κ2) is 8.04. The van der Waals surface area contributed by atoms with Gasteiger partial charge in [0.15, 0.2) is 9.84 Å². The van der Waals surface area contributed by atoms with Crippen molar-refractivity contribution in [3.8, 4) is 0 Å². The summed E-state index contributed by atoms with van der Waals surface area (Å²) in [6.45, 7) is 1.40. The summed E-state index contributed by atoms with van der Waals surface area (Å²) in [5, 5.41) is 5.25. The molecule has 3 rings (SSSR count). The minimum Gasteiger partial charge on any atom is -0.326 e. The highest BCUT2D eigenvalue weighted by molar-refractivity contribution is 7.91. The number of hydrogen-bond acceptors (Lipinski definition) is 5. The van der Waals surface area contributed by atoms with Crippen molar-refractivity contribution < 1.29 is 22.8 Å². The number of sulfone groups is 1. The van der Waals surface area contributed by atoms with E-state index in [0.29, 0.717) is 22.6 Å². The number of carbonyl (C=O) groups is 3. The van der Waals surface area contributed by atoms with Crippen LogP contribution < -0.4 is 15.5 Å². The Morgan fingerprint density at radius 2 is 1.66 bits per heavy atom. The van der Waals surface area contributed by atoms with Gasteiger partial charge in [-0.15, -0.1) is 0 Å². The molecule has 0 aliphatic carbocycles. The predicted molar refractivity (Wildman–Crippen MR) is 110 cm³/mol. The van der Waals surface area contributed by atoms with E-state index in [-0.39, 0.29) is 35.3 Å². The molecule has 1 heterocycles. The summed E-state index contributed by atoms with van der Waals surface area (Å²) in [4.78, 5) is 36.5. The molecule has 0 spiro atoms. The van der Waals surface area contributed by atoms with Crippen LogP contribution in [0.25, 0.3) is 0 Å².